The van der Waals surface area contributed by atoms with E-state index in [0.717, 1.165) is 23.5 Å². The van der Waals surface area contributed by atoms with Gasteiger partial charge in [-0.3, -0.25) is 0 Å². The smallest absolute Gasteiger partial charge is 0.126 e. The molecule has 1 aromatic carbocycles. The summed E-state index contributed by atoms with van der Waals surface area (Å²) < 4.78 is 11.2. The maximum Gasteiger partial charge on any atom is 0.126 e. The number of rotatable bonds is 4. The molecule has 1 N–H and O–H groups in total. The van der Waals surface area contributed by atoms with Crippen LogP contribution < -0.4 is 14.8 Å². The molecule has 0 aromatic heterocycles. The predicted molar refractivity (Wildman–Crippen MR) is 74.3 cm³/mol. The molecule has 18 heavy (non-hydrogen) atoms. The molecule has 2 atom stereocenters. The first kappa shape index (κ1) is 13.0. The van der Waals surface area contributed by atoms with Gasteiger partial charge in [0.25, 0.3) is 0 Å². The molecule has 2 rings (SSSR count). The largest absolute Gasteiger partial charge is 0.496 e. The van der Waals surface area contributed by atoms with E-state index >= 15 is 0 Å². The summed E-state index contributed by atoms with van der Waals surface area (Å²) in [6.07, 6.45) is 5.41. The maximum absolute atomic E-state index is 5.78. The standard InChI is InChI=1S/C15H21NO2/c1-10(16-3)5-6-12-8-15-13(7-11(2)18-15)9-14(12)17-4/h5-6,8-11,16H,7H2,1-4H3/b6-5+. The van der Waals surface area contributed by atoms with Crippen LogP contribution in [0.25, 0.3) is 6.08 Å². The molecule has 0 radical (unpaired) electrons. The summed E-state index contributed by atoms with van der Waals surface area (Å²) in [6.45, 7) is 4.19. The molecule has 3 nitrogen and oxygen atoms in total. The Balaban J connectivity index is 2.30. The van der Waals surface area contributed by atoms with Crippen molar-refractivity contribution in [1.82, 2.24) is 5.32 Å². The minimum absolute atomic E-state index is 0.264. The lowest BCUT2D eigenvalue weighted by molar-refractivity contribution is 0.254. The van der Waals surface area contributed by atoms with Crippen molar-refractivity contribution in [3.05, 3.63) is 29.3 Å². The number of nitrogens with one attached hydrogen (secondary N) is 1. The van der Waals surface area contributed by atoms with Crippen molar-refractivity contribution in [3.8, 4) is 11.5 Å². The first-order valence-electron chi connectivity index (χ1n) is 6.37. The Kier molecular flexibility index (Phi) is 3.92. The Morgan fingerprint density at radius 2 is 2.28 bits per heavy atom. The first-order valence-corrected chi connectivity index (χ1v) is 6.37. The fourth-order valence-corrected chi connectivity index (χ4v) is 2.11. The molecule has 1 aromatic rings. The summed E-state index contributed by atoms with van der Waals surface area (Å²) in [4.78, 5) is 0. The maximum atomic E-state index is 5.78. The van der Waals surface area contributed by atoms with Gasteiger partial charge in [-0.2, -0.15) is 0 Å². The average Bonchev–Trinajstić information content (AvgIpc) is 2.73. The lowest BCUT2D eigenvalue weighted by Gasteiger charge is -2.09. The highest BCUT2D eigenvalue weighted by Gasteiger charge is 2.20. The van der Waals surface area contributed by atoms with E-state index in [1.165, 1.54) is 5.56 Å². The second kappa shape index (κ2) is 5.44. The number of fused-ring (bicyclic) bond motifs is 1. The minimum Gasteiger partial charge on any atom is -0.496 e. The van der Waals surface area contributed by atoms with Crippen LogP contribution in [0.5, 0.6) is 11.5 Å². The molecule has 0 spiro atoms. The lowest BCUT2D eigenvalue weighted by Crippen LogP contribution is -2.17. The molecule has 0 aliphatic carbocycles. The highest BCUT2D eigenvalue weighted by Crippen LogP contribution is 2.35. The van der Waals surface area contributed by atoms with Crippen molar-refractivity contribution in [1.29, 1.82) is 0 Å². The van der Waals surface area contributed by atoms with Gasteiger partial charge in [0.05, 0.1) is 7.11 Å². The molecule has 0 saturated carbocycles. The van der Waals surface area contributed by atoms with Gasteiger partial charge < -0.3 is 14.8 Å². The van der Waals surface area contributed by atoms with Crippen LogP contribution in [0.15, 0.2) is 18.2 Å². The quantitative estimate of drug-likeness (QED) is 0.887. The van der Waals surface area contributed by atoms with Crippen molar-refractivity contribution in [2.75, 3.05) is 14.2 Å². The number of ether oxygens (including phenoxy) is 2. The van der Waals surface area contributed by atoms with Gasteiger partial charge in [0.1, 0.15) is 17.6 Å². The zero-order valence-corrected chi connectivity index (χ0v) is 11.5. The monoisotopic (exact) mass is 247 g/mol. The van der Waals surface area contributed by atoms with E-state index < -0.39 is 0 Å². The summed E-state index contributed by atoms with van der Waals surface area (Å²) in [5, 5.41) is 3.17. The normalized spacial score (nSPS) is 19.7. The van der Waals surface area contributed by atoms with Gasteiger partial charge in [-0.1, -0.05) is 12.2 Å². The fourth-order valence-electron chi connectivity index (χ4n) is 2.11. The number of hydrogen-bond acceptors (Lipinski definition) is 3. The van der Waals surface area contributed by atoms with Gasteiger partial charge in [0.2, 0.25) is 0 Å². The topological polar surface area (TPSA) is 30.5 Å². The summed E-state index contributed by atoms with van der Waals surface area (Å²) in [5.74, 6) is 1.89. The van der Waals surface area contributed by atoms with Crippen LogP contribution in [0.2, 0.25) is 0 Å². The SMILES string of the molecule is CNC(C)/C=C/c1cc2c(cc1OC)CC(C)O2. The molecule has 1 aliphatic heterocycles. The Hall–Kier alpha value is -1.48. The van der Waals surface area contributed by atoms with Gasteiger partial charge in [0, 0.05) is 23.6 Å². The first-order chi connectivity index (χ1) is 8.63. The van der Waals surface area contributed by atoms with Crippen molar-refractivity contribution < 1.29 is 9.47 Å². The molecule has 2 unspecified atom stereocenters. The minimum atomic E-state index is 0.264. The van der Waals surface area contributed by atoms with Gasteiger partial charge in [-0.25, -0.2) is 0 Å². The molecular formula is C15H21NO2. The van der Waals surface area contributed by atoms with Gasteiger partial charge >= 0.3 is 0 Å². The van der Waals surface area contributed by atoms with Crippen molar-refractivity contribution in [3.63, 3.8) is 0 Å². The van der Waals surface area contributed by atoms with Crippen LogP contribution in [-0.4, -0.2) is 26.3 Å². The summed E-state index contributed by atoms with van der Waals surface area (Å²) in [6, 6.07) is 4.49. The molecule has 1 aliphatic rings. The lowest BCUT2D eigenvalue weighted by atomic mass is 10.1. The van der Waals surface area contributed by atoms with E-state index in [1.807, 2.05) is 7.05 Å². The number of benzene rings is 1. The molecule has 0 fully saturated rings. The molecule has 1 heterocycles. The molecule has 98 valence electrons. The Bertz CT molecular complexity index is 454. The number of likely N-dealkylation sites (N-methyl/N-ethyl adjacent to an activating group) is 1. The van der Waals surface area contributed by atoms with Crippen LogP contribution in [-0.2, 0) is 6.42 Å². The zero-order chi connectivity index (χ0) is 13.1. The average molecular weight is 247 g/mol. The van der Waals surface area contributed by atoms with Crippen molar-refractivity contribution in [2.24, 2.45) is 0 Å². The van der Waals surface area contributed by atoms with Gasteiger partial charge in [-0.15, -0.1) is 0 Å². The fraction of sp³-hybridized carbons (Fsp3) is 0.467. The van der Waals surface area contributed by atoms with E-state index in [-0.39, 0.29) is 6.10 Å². The second-order valence-corrected chi connectivity index (χ2v) is 4.77. The van der Waals surface area contributed by atoms with E-state index in [2.05, 4.69) is 43.4 Å². The van der Waals surface area contributed by atoms with Crippen LogP contribution in [0.4, 0.5) is 0 Å². The third kappa shape index (κ3) is 2.67. The van der Waals surface area contributed by atoms with Crippen LogP contribution in [0, 0.1) is 0 Å². The molecule has 0 amide bonds. The summed E-state index contributed by atoms with van der Waals surface area (Å²) in [5.41, 5.74) is 2.30. The second-order valence-electron chi connectivity index (χ2n) is 4.77. The molecule has 0 bridgehead atoms. The van der Waals surface area contributed by atoms with Crippen LogP contribution >= 0.6 is 0 Å². The molecule has 0 saturated heterocycles. The molecular weight excluding hydrogens is 226 g/mol. The zero-order valence-electron chi connectivity index (χ0n) is 11.5. The van der Waals surface area contributed by atoms with Crippen LogP contribution in [0.3, 0.4) is 0 Å². The number of hydrogen-bond donors (Lipinski definition) is 1. The Morgan fingerprint density at radius 3 is 2.94 bits per heavy atom. The third-order valence-electron chi connectivity index (χ3n) is 3.27. The summed E-state index contributed by atoms with van der Waals surface area (Å²) in [7, 11) is 3.65. The Labute approximate surface area is 109 Å². The Morgan fingerprint density at radius 1 is 1.50 bits per heavy atom. The molecule has 3 heteroatoms. The van der Waals surface area contributed by atoms with E-state index in [0.29, 0.717) is 6.04 Å². The van der Waals surface area contributed by atoms with E-state index in [4.69, 9.17) is 9.47 Å². The third-order valence-corrected chi connectivity index (χ3v) is 3.27. The number of methoxy groups -OCH3 is 1. The van der Waals surface area contributed by atoms with Gasteiger partial charge in [0.15, 0.2) is 0 Å². The highest BCUT2D eigenvalue weighted by molar-refractivity contribution is 5.62. The summed E-state index contributed by atoms with van der Waals surface area (Å²) >= 11 is 0. The highest BCUT2D eigenvalue weighted by atomic mass is 16.5. The van der Waals surface area contributed by atoms with E-state index in [1.54, 1.807) is 7.11 Å². The van der Waals surface area contributed by atoms with E-state index in [9.17, 15) is 0 Å². The van der Waals surface area contributed by atoms with Crippen molar-refractivity contribution >= 4 is 6.08 Å². The van der Waals surface area contributed by atoms with Gasteiger partial charge in [-0.05, 0) is 33.0 Å². The van der Waals surface area contributed by atoms with Crippen molar-refractivity contribution in [2.45, 2.75) is 32.4 Å². The predicted octanol–water partition coefficient (Wildman–Crippen LogP) is 2.64. The van der Waals surface area contributed by atoms with Crippen LogP contribution in [0.1, 0.15) is 25.0 Å².